The maximum Gasteiger partial charge on any atom is 0.416 e. The minimum absolute atomic E-state index is 0.0194. The van der Waals surface area contributed by atoms with Gasteiger partial charge in [-0.15, -0.1) is 0 Å². The molecular weight excluding hydrogens is 504 g/mol. The zero-order valence-corrected chi connectivity index (χ0v) is 21.2. The van der Waals surface area contributed by atoms with Crippen molar-refractivity contribution in [3.8, 4) is 5.69 Å². The van der Waals surface area contributed by atoms with Gasteiger partial charge in [0.2, 0.25) is 0 Å². The second-order valence-corrected chi connectivity index (χ2v) is 10.1. The molecule has 1 saturated heterocycles. The number of halogens is 4. The summed E-state index contributed by atoms with van der Waals surface area (Å²) in [7, 11) is 0. The van der Waals surface area contributed by atoms with E-state index in [-0.39, 0.29) is 17.2 Å². The maximum atomic E-state index is 14.0. The van der Waals surface area contributed by atoms with Crippen molar-refractivity contribution in [3.63, 3.8) is 0 Å². The van der Waals surface area contributed by atoms with Crippen LogP contribution in [0.4, 0.5) is 28.0 Å². The zero-order valence-electron chi connectivity index (χ0n) is 21.2. The quantitative estimate of drug-likeness (QED) is 0.395. The number of rotatable bonds is 4. The Balaban J connectivity index is 1.63. The molecule has 202 valence electrons. The molecule has 0 radical (unpaired) electrons. The highest BCUT2D eigenvalue weighted by atomic mass is 19.4. The van der Waals surface area contributed by atoms with Crippen molar-refractivity contribution in [2.45, 2.75) is 51.3 Å². The van der Waals surface area contributed by atoms with Crippen LogP contribution < -0.4 is 5.32 Å². The fourth-order valence-corrected chi connectivity index (χ4v) is 4.37. The highest BCUT2D eigenvalue weighted by Crippen LogP contribution is 2.34. The Labute approximate surface area is 217 Å². The third-order valence-electron chi connectivity index (χ3n) is 6.08. The summed E-state index contributed by atoms with van der Waals surface area (Å²) in [5, 5.41) is 6.86. The Morgan fingerprint density at radius 1 is 1.03 bits per heavy atom. The lowest BCUT2D eigenvalue weighted by molar-refractivity contribution is -0.137. The number of amides is 2. The number of likely N-dealkylation sites (tertiary alicyclic amines) is 1. The molecule has 7 nitrogen and oxygen atoms in total. The summed E-state index contributed by atoms with van der Waals surface area (Å²) < 4.78 is 60.4. The van der Waals surface area contributed by atoms with Gasteiger partial charge in [-0.05, 0) is 70.0 Å². The van der Waals surface area contributed by atoms with Gasteiger partial charge in [-0.25, -0.2) is 13.9 Å². The van der Waals surface area contributed by atoms with Crippen molar-refractivity contribution >= 4 is 17.7 Å². The lowest BCUT2D eigenvalue weighted by Crippen LogP contribution is -2.41. The van der Waals surface area contributed by atoms with Crippen LogP contribution in [0.5, 0.6) is 0 Å². The molecule has 3 aromatic rings. The van der Waals surface area contributed by atoms with Crippen LogP contribution in [-0.4, -0.2) is 45.4 Å². The van der Waals surface area contributed by atoms with Gasteiger partial charge < -0.3 is 15.0 Å². The van der Waals surface area contributed by atoms with Crippen LogP contribution in [0.3, 0.4) is 0 Å². The first-order chi connectivity index (χ1) is 17.8. The van der Waals surface area contributed by atoms with Crippen molar-refractivity contribution in [1.29, 1.82) is 0 Å². The van der Waals surface area contributed by atoms with Crippen LogP contribution >= 0.6 is 0 Å². The van der Waals surface area contributed by atoms with E-state index < -0.39 is 35.2 Å². The lowest BCUT2D eigenvalue weighted by atomic mass is 9.90. The molecule has 2 heterocycles. The predicted octanol–water partition coefficient (Wildman–Crippen LogP) is 6.40. The molecule has 38 heavy (non-hydrogen) atoms. The normalized spacial score (nSPS) is 14.9. The van der Waals surface area contributed by atoms with Crippen molar-refractivity contribution in [1.82, 2.24) is 14.7 Å². The van der Waals surface area contributed by atoms with Crippen molar-refractivity contribution in [3.05, 3.63) is 77.4 Å². The Bertz CT molecular complexity index is 1320. The van der Waals surface area contributed by atoms with E-state index >= 15 is 0 Å². The summed E-state index contributed by atoms with van der Waals surface area (Å²) in [6.07, 6.45) is -2.72. The molecule has 1 aromatic heterocycles. The molecule has 0 bridgehead atoms. The van der Waals surface area contributed by atoms with Crippen molar-refractivity contribution in [2.75, 3.05) is 18.4 Å². The molecule has 0 spiro atoms. The Hall–Kier alpha value is -3.89. The number of alkyl halides is 3. The Morgan fingerprint density at radius 3 is 2.34 bits per heavy atom. The fourth-order valence-electron chi connectivity index (χ4n) is 4.37. The molecule has 1 fully saturated rings. The summed E-state index contributed by atoms with van der Waals surface area (Å²) in [6, 6.07) is 10.1. The third-order valence-corrected chi connectivity index (χ3v) is 6.08. The molecule has 1 N–H and O–H groups in total. The van der Waals surface area contributed by atoms with Gasteiger partial charge in [0.25, 0.3) is 5.91 Å². The topological polar surface area (TPSA) is 76.5 Å². The smallest absolute Gasteiger partial charge is 0.416 e. The second-order valence-electron chi connectivity index (χ2n) is 10.1. The van der Waals surface area contributed by atoms with E-state index in [0.717, 1.165) is 12.1 Å². The molecule has 1 aliphatic heterocycles. The summed E-state index contributed by atoms with van der Waals surface area (Å²) in [4.78, 5) is 27.4. The first-order valence-electron chi connectivity index (χ1n) is 12.1. The summed E-state index contributed by atoms with van der Waals surface area (Å²) >= 11 is 0. The van der Waals surface area contributed by atoms with Crippen LogP contribution in [0.15, 0.2) is 54.7 Å². The number of carbonyl (C=O) groups excluding carboxylic acids is 2. The number of hydrogen-bond donors (Lipinski definition) is 1. The molecule has 0 unspecified atom stereocenters. The minimum Gasteiger partial charge on any atom is -0.444 e. The number of nitrogens with zero attached hydrogens (tertiary/aromatic N) is 3. The van der Waals surface area contributed by atoms with E-state index in [1.165, 1.54) is 41.2 Å². The molecule has 1 aliphatic rings. The molecule has 0 atom stereocenters. The number of nitrogens with one attached hydrogen (secondary N) is 1. The fraction of sp³-hybridized carbons (Fsp3) is 0.370. The molecule has 0 saturated carbocycles. The first kappa shape index (κ1) is 27.2. The number of benzene rings is 2. The highest BCUT2D eigenvalue weighted by molar-refractivity contribution is 6.05. The Kier molecular flexibility index (Phi) is 7.48. The van der Waals surface area contributed by atoms with Gasteiger partial charge in [-0.1, -0.05) is 12.1 Å². The molecule has 4 rings (SSSR count). The number of ether oxygens (including phenoxy) is 1. The van der Waals surface area contributed by atoms with Crippen LogP contribution in [0.1, 0.15) is 61.1 Å². The number of hydrogen-bond acceptors (Lipinski definition) is 4. The number of carbonyl (C=O) groups is 2. The molecule has 0 aliphatic carbocycles. The first-order valence-corrected chi connectivity index (χ1v) is 12.1. The van der Waals surface area contributed by atoms with E-state index in [0.29, 0.717) is 37.3 Å². The van der Waals surface area contributed by atoms with Crippen LogP contribution in [0.25, 0.3) is 5.69 Å². The number of anilines is 1. The molecule has 2 aromatic carbocycles. The average Bonchev–Trinajstić information content (AvgIpc) is 3.28. The van der Waals surface area contributed by atoms with Gasteiger partial charge in [0.1, 0.15) is 11.4 Å². The van der Waals surface area contributed by atoms with Crippen LogP contribution in [0.2, 0.25) is 0 Å². The van der Waals surface area contributed by atoms with Gasteiger partial charge in [0.15, 0.2) is 0 Å². The lowest BCUT2D eigenvalue weighted by Gasteiger charge is -2.34. The highest BCUT2D eigenvalue weighted by Gasteiger charge is 2.33. The monoisotopic (exact) mass is 532 g/mol. The zero-order chi connectivity index (χ0) is 27.7. The van der Waals surface area contributed by atoms with E-state index in [1.807, 2.05) is 0 Å². The largest absolute Gasteiger partial charge is 0.444 e. The van der Waals surface area contributed by atoms with E-state index in [2.05, 4.69) is 10.4 Å². The van der Waals surface area contributed by atoms with Gasteiger partial charge in [-0.3, -0.25) is 4.79 Å². The maximum absolute atomic E-state index is 14.0. The van der Waals surface area contributed by atoms with Gasteiger partial charge in [0.05, 0.1) is 28.7 Å². The summed E-state index contributed by atoms with van der Waals surface area (Å²) in [5.41, 5.74) is -0.507. The summed E-state index contributed by atoms with van der Waals surface area (Å²) in [5.74, 6) is -1.36. The van der Waals surface area contributed by atoms with Crippen molar-refractivity contribution < 1.29 is 31.9 Å². The van der Waals surface area contributed by atoms with E-state index in [1.54, 1.807) is 31.7 Å². The summed E-state index contributed by atoms with van der Waals surface area (Å²) in [6.45, 7) is 6.07. The molecule has 2 amide bonds. The van der Waals surface area contributed by atoms with Gasteiger partial charge in [-0.2, -0.15) is 18.3 Å². The van der Waals surface area contributed by atoms with Crippen molar-refractivity contribution in [2.24, 2.45) is 0 Å². The average molecular weight is 533 g/mol. The second kappa shape index (κ2) is 10.5. The molecule has 11 heteroatoms. The van der Waals surface area contributed by atoms with E-state index in [4.69, 9.17) is 4.74 Å². The number of aromatic nitrogens is 2. The predicted molar refractivity (Wildman–Crippen MR) is 133 cm³/mol. The number of piperidine rings is 1. The minimum atomic E-state index is -4.56. The SMILES string of the molecule is CC(C)(C)OC(=O)N1CCC(c2c(C(=O)Nc3cccc(C(F)(F)F)c3)cnn2-c2cccc(F)c2)CC1. The van der Waals surface area contributed by atoms with E-state index in [9.17, 15) is 27.2 Å². The van der Waals surface area contributed by atoms with Gasteiger partial charge in [0, 0.05) is 24.7 Å². The van der Waals surface area contributed by atoms with Crippen LogP contribution in [0, 0.1) is 5.82 Å². The Morgan fingerprint density at radius 2 is 1.71 bits per heavy atom. The van der Waals surface area contributed by atoms with Crippen LogP contribution in [-0.2, 0) is 10.9 Å². The third kappa shape index (κ3) is 6.32. The van der Waals surface area contributed by atoms with Gasteiger partial charge >= 0.3 is 12.3 Å². The molecular formula is C27H28F4N4O3. The standard InChI is InChI=1S/C27H28F4N4O3/c1-26(2,3)38-25(37)34-12-10-17(11-13-34)23-22(16-32-35(23)21-9-5-7-19(28)15-21)24(36)33-20-8-4-6-18(14-20)27(29,30)31/h4-9,14-17H,10-13H2,1-3H3,(H,33,36).